The number of unbranched alkanes of at least 4 members (excludes halogenated alkanes) is 3. The van der Waals surface area contributed by atoms with Crippen LogP contribution in [0.5, 0.6) is 0 Å². The summed E-state index contributed by atoms with van der Waals surface area (Å²) in [5.41, 5.74) is 3.33. The Morgan fingerprint density at radius 2 is 1.39 bits per heavy atom. The smallest absolute Gasteiger partial charge is 0.239 e. The van der Waals surface area contributed by atoms with Crippen molar-refractivity contribution in [3.63, 3.8) is 0 Å². The number of nitrogens with one attached hydrogen (secondary N) is 2. The highest BCUT2D eigenvalue weighted by Crippen LogP contribution is 2.28. The number of aliphatic hydroxyl groups excluding tert-OH is 2. The van der Waals surface area contributed by atoms with Gasteiger partial charge < -0.3 is 25.7 Å². The zero-order valence-electron chi connectivity index (χ0n) is 28.6. The quantitative estimate of drug-likeness (QED) is 0.0776. The maximum absolute atomic E-state index is 14.2. The van der Waals surface area contributed by atoms with Crippen LogP contribution in [-0.2, 0) is 25.6 Å². The summed E-state index contributed by atoms with van der Waals surface area (Å²) >= 11 is 0. The van der Waals surface area contributed by atoms with Crippen molar-refractivity contribution in [1.82, 2.24) is 15.3 Å². The summed E-state index contributed by atoms with van der Waals surface area (Å²) in [5.74, 6) is -2.33. The second-order valence-corrected chi connectivity index (χ2v) is 12.5. The number of amides is 3. The lowest BCUT2D eigenvalue weighted by Gasteiger charge is -2.26. The molecule has 0 radical (unpaired) electrons. The van der Waals surface area contributed by atoms with E-state index in [1.54, 1.807) is 49.8 Å². The number of aliphatic hydroxyl groups is 2. The lowest BCUT2D eigenvalue weighted by Crippen LogP contribution is -2.39. The SMILES string of the molecule is CNC(=O)CCCCCCC(=O)N(C[C@@H](O)CO)c1ccc(C(C(=O)Cc2cccc3cccnc23)C(=O)Nc2cccc3cccnc23)cc1. The van der Waals surface area contributed by atoms with Gasteiger partial charge in [0.05, 0.1) is 36.0 Å². The normalized spacial score (nSPS) is 12.3. The van der Waals surface area contributed by atoms with Crippen LogP contribution in [0.3, 0.4) is 0 Å². The van der Waals surface area contributed by atoms with Crippen LogP contribution in [0.2, 0.25) is 0 Å². The summed E-state index contributed by atoms with van der Waals surface area (Å²) in [6, 6.07) is 25.1. The molecule has 3 aromatic carbocycles. The van der Waals surface area contributed by atoms with Gasteiger partial charge in [-0.1, -0.05) is 67.4 Å². The van der Waals surface area contributed by atoms with E-state index in [0.29, 0.717) is 46.4 Å². The van der Waals surface area contributed by atoms with Crippen molar-refractivity contribution >= 4 is 56.7 Å². The maximum Gasteiger partial charge on any atom is 0.239 e. The minimum Gasteiger partial charge on any atom is -0.394 e. The van der Waals surface area contributed by atoms with Crippen LogP contribution >= 0.6 is 0 Å². The van der Waals surface area contributed by atoms with Crippen molar-refractivity contribution in [3.8, 4) is 0 Å². The highest BCUT2D eigenvalue weighted by Gasteiger charge is 2.30. The monoisotopic (exact) mass is 689 g/mol. The lowest BCUT2D eigenvalue weighted by molar-refractivity contribution is -0.127. The first-order valence-electron chi connectivity index (χ1n) is 17.2. The highest BCUT2D eigenvalue weighted by molar-refractivity contribution is 6.14. The number of carbonyl (C=O) groups is 4. The van der Waals surface area contributed by atoms with Crippen molar-refractivity contribution in [2.24, 2.45) is 0 Å². The van der Waals surface area contributed by atoms with E-state index in [4.69, 9.17) is 0 Å². The molecule has 2 aromatic heterocycles. The molecule has 3 amide bonds. The van der Waals surface area contributed by atoms with Crippen LogP contribution in [0.15, 0.2) is 97.3 Å². The summed E-state index contributed by atoms with van der Waals surface area (Å²) in [7, 11) is 1.60. The molecular weight excluding hydrogens is 646 g/mol. The summed E-state index contributed by atoms with van der Waals surface area (Å²) < 4.78 is 0. The molecule has 0 aliphatic heterocycles. The first-order valence-corrected chi connectivity index (χ1v) is 17.2. The predicted molar refractivity (Wildman–Crippen MR) is 197 cm³/mol. The van der Waals surface area contributed by atoms with Gasteiger partial charge in [-0.15, -0.1) is 0 Å². The number of anilines is 2. The zero-order chi connectivity index (χ0) is 36.2. The molecule has 11 nitrogen and oxygen atoms in total. The summed E-state index contributed by atoms with van der Waals surface area (Å²) in [4.78, 5) is 63.4. The number of hydrogen-bond acceptors (Lipinski definition) is 8. The van der Waals surface area contributed by atoms with Gasteiger partial charge in [-0.05, 0) is 54.3 Å². The van der Waals surface area contributed by atoms with Crippen LogP contribution in [0, 0.1) is 0 Å². The Morgan fingerprint density at radius 3 is 2.08 bits per heavy atom. The van der Waals surface area contributed by atoms with Crippen LogP contribution in [0.25, 0.3) is 21.8 Å². The van der Waals surface area contributed by atoms with E-state index in [9.17, 15) is 29.4 Å². The molecule has 0 saturated carbocycles. The molecule has 2 heterocycles. The van der Waals surface area contributed by atoms with Gasteiger partial charge in [0, 0.05) is 55.2 Å². The standard InChI is InChI=1S/C40H43N5O6/c1-41-35(49)16-4-2-3-5-17-36(50)45(25-32(47)26-46)31-20-18-27(19-21-31)37(34(48)24-30-12-6-10-28-13-8-22-42-38(28)30)40(51)44-33-15-7-11-29-14-9-23-43-39(29)33/h6-15,18-23,32,37,46-47H,2-5,16-17,24-26H2,1H3,(H,41,49)(H,44,51)/t32-,37?/m1/s1. The summed E-state index contributed by atoms with van der Waals surface area (Å²) in [6.45, 7) is -0.652. The Hall–Kier alpha value is -5.52. The number of nitrogens with zero attached hydrogens (tertiary/aromatic N) is 3. The van der Waals surface area contributed by atoms with Crippen LogP contribution < -0.4 is 15.5 Å². The molecule has 264 valence electrons. The molecule has 0 aliphatic carbocycles. The van der Waals surface area contributed by atoms with E-state index in [-0.39, 0.29) is 37.0 Å². The Balaban J connectivity index is 1.40. The van der Waals surface area contributed by atoms with E-state index in [1.807, 2.05) is 54.6 Å². The van der Waals surface area contributed by atoms with Gasteiger partial charge in [0.1, 0.15) is 5.92 Å². The largest absolute Gasteiger partial charge is 0.394 e. The molecule has 0 spiro atoms. The second-order valence-electron chi connectivity index (χ2n) is 12.5. The Labute approximate surface area is 296 Å². The van der Waals surface area contributed by atoms with Gasteiger partial charge in [-0.25, -0.2) is 0 Å². The van der Waals surface area contributed by atoms with E-state index in [1.165, 1.54) is 4.90 Å². The lowest BCUT2D eigenvalue weighted by atomic mass is 9.89. The van der Waals surface area contributed by atoms with Crippen molar-refractivity contribution in [2.45, 2.75) is 57.0 Å². The van der Waals surface area contributed by atoms with Gasteiger partial charge in [0.25, 0.3) is 0 Å². The van der Waals surface area contributed by atoms with Gasteiger partial charge in [0.2, 0.25) is 17.7 Å². The molecule has 4 N–H and O–H groups in total. The van der Waals surface area contributed by atoms with E-state index >= 15 is 0 Å². The molecule has 51 heavy (non-hydrogen) atoms. The fourth-order valence-electron chi connectivity index (χ4n) is 6.14. The maximum atomic E-state index is 14.2. The first kappa shape index (κ1) is 36.8. The molecule has 0 aliphatic rings. The fraction of sp³-hybridized carbons (Fsp3) is 0.300. The summed E-state index contributed by atoms with van der Waals surface area (Å²) in [6.07, 6.45) is 5.63. The molecule has 5 rings (SSSR count). The number of ketones is 1. The number of pyridine rings is 2. The van der Waals surface area contributed by atoms with Gasteiger partial charge in [0.15, 0.2) is 5.78 Å². The Kier molecular flexibility index (Phi) is 12.9. The van der Waals surface area contributed by atoms with Crippen molar-refractivity contribution in [3.05, 3.63) is 108 Å². The van der Waals surface area contributed by atoms with Crippen LogP contribution in [0.4, 0.5) is 11.4 Å². The number of aromatic nitrogens is 2. The van der Waals surface area contributed by atoms with Crippen molar-refractivity contribution in [1.29, 1.82) is 0 Å². The molecule has 0 saturated heterocycles. The van der Waals surface area contributed by atoms with Crippen molar-refractivity contribution < 1.29 is 29.4 Å². The number of hydrogen-bond donors (Lipinski definition) is 4. The molecule has 5 aromatic rings. The number of benzene rings is 3. The van der Waals surface area contributed by atoms with Gasteiger partial charge in [-0.3, -0.25) is 29.1 Å². The fourth-order valence-corrected chi connectivity index (χ4v) is 6.14. The summed E-state index contributed by atoms with van der Waals surface area (Å²) in [5, 5.41) is 27.1. The Bertz CT molecular complexity index is 1880. The number of fused-ring (bicyclic) bond motifs is 2. The third-order valence-electron chi connectivity index (χ3n) is 8.82. The molecule has 0 fully saturated rings. The number of carbonyl (C=O) groups excluding carboxylic acids is 4. The second kappa shape index (κ2) is 17.9. The van der Waals surface area contributed by atoms with Crippen molar-refractivity contribution in [2.75, 3.05) is 30.4 Å². The molecule has 2 atom stereocenters. The van der Waals surface area contributed by atoms with Crippen LogP contribution in [-0.4, -0.2) is 70.0 Å². The minimum atomic E-state index is -1.21. The number of rotatable bonds is 17. The molecular formula is C40H43N5O6. The van der Waals surface area contributed by atoms with Gasteiger partial charge in [-0.2, -0.15) is 0 Å². The third kappa shape index (κ3) is 9.59. The number of Topliss-reactive ketones (excluding diaryl/α,β-unsaturated/α-hetero) is 1. The van der Waals surface area contributed by atoms with E-state index in [2.05, 4.69) is 20.6 Å². The van der Waals surface area contributed by atoms with Gasteiger partial charge >= 0.3 is 0 Å². The van der Waals surface area contributed by atoms with E-state index < -0.39 is 24.5 Å². The minimum absolute atomic E-state index is 0.0174. The Morgan fingerprint density at radius 1 is 0.765 bits per heavy atom. The third-order valence-corrected chi connectivity index (χ3v) is 8.82. The van der Waals surface area contributed by atoms with Crippen LogP contribution in [0.1, 0.15) is 55.6 Å². The highest BCUT2D eigenvalue weighted by atomic mass is 16.3. The average Bonchev–Trinajstić information content (AvgIpc) is 3.15. The first-order chi connectivity index (χ1) is 24.8. The predicted octanol–water partition coefficient (Wildman–Crippen LogP) is 5.09. The van der Waals surface area contributed by atoms with E-state index in [0.717, 1.165) is 30.0 Å². The topological polar surface area (TPSA) is 162 Å². The molecule has 11 heteroatoms. The average molecular weight is 690 g/mol. The zero-order valence-corrected chi connectivity index (χ0v) is 28.6. The molecule has 1 unspecified atom stereocenters. The molecule has 0 bridgehead atoms. The number of para-hydroxylation sites is 2.